The minimum Gasteiger partial charge on any atom is -0.360 e. The Morgan fingerprint density at radius 2 is 1.54 bits per heavy atom. The highest BCUT2D eigenvalue weighted by Gasteiger charge is 2.37. The fraction of sp³-hybridized carbons (Fsp3) is 0.395. The molecule has 262 valence electrons. The Bertz CT molecular complexity index is 1720. The van der Waals surface area contributed by atoms with Crippen LogP contribution in [-0.2, 0) is 49.8 Å². The van der Waals surface area contributed by atoms with E-state index in [2.05, 4.69) is 45.1 Å². The summed E-state index contributed by atoms with van der Waals surface area (Å²) in [7, 11) is 1.47. The van der Waals surface area contributed by atoms with Crippen LogP contribution in [0.15, 0.2) is 78.9 Å². The maximum Gasteiger partial charge on any atom is 0.254 e. The fourth-order valence-electron chi connectivity index (χ4n) is 6.74. The number of morpholine rings is 1. The van der Waals surface area contributed by atoms with Crippen molar-refractivity contribution in [2.24, 2.45) is 0 Å². The molecule has 3 heterocycles. The highest BCUT2D eigenvalue weighted by molar-refractivity contribution is 5.96. The topological polar surface area (TPSA) is 140 Å². The van der Waals surface area contributed by atoms with E-state index in [1.54, 1.807) is 24.0 Å². The number of amides is 5. The Labute approximate surface area is 292 Å². The number of benzene rings is 3. The summed E-state index contributed by atoms with van der Waals surface area (Å²) in [6.07, 6.45) is -0.628. The smallest absolute Gasteiger partial charge is 0.254 e. The van der Waals surface area contributed by atoms with Gasteiger partial charge in [0.25, 0.3) is 11.8 Å². The number of carbonyl (C=O) groups is 5. The molecule has 3 aromatic rings. The monoisotopic (exact) mass is 680 g/mol. The van der Waals surface area contributed by atoms with E-state index in [1.807, 2.05) is 42.5 Å². The van der Waals surface area contributed by atoms with Crippen molar-refractivity contribution in [1.82, 2.24) is 30.7 Å². The lowest BCUT2D eigenvalue weighted by Gasteiger charge is -2.38. The van der Waals surface area contributed by atoms with E-state index in [4.69, 9.17) is 4.74 Å². The number of hydrogen-bond donors (Lipinski definition) is 3. The van der Waals surface area contributed by atoms with Crippen molar-refractivity contribution >= 4 is 29.5 Å². The summed E-state index contributed by atoms with van der Waals surface area (Å²) in [6.45, 7) is 3.96. The normalized spacial score (nSPS) is 23.9. The third-order valence-electron chi connectivity index (χ3n) is 9.49. The molecule has 0 saturated carbocycles. The van der Waals surface area contributed by atoms with Gasteiger partial charge in [0.15, 0.2) is 6.10 Å². The average Bonchev–Trinajstić information content (AvgIpc) is 3.13. The SMILES string of the molecule is C[C@H]1NC(=O)CN(C)C(=O)[C@@H](Cc2ccccc2)NC(=O)[C@H]2CN(C(=O)c3ccc(CN4CCc5ccccc5C4)cc3)C[C@H](CNC1=O)O2. The lowest BCUT2D eigenvalue weighted by molar-refractivity contribution is -0.148. The van der Waals surface area contributed by atoms with Crippen LogP contribution in [0.25, 0.3) is 0 Å². The van der Waals surface area contributed by atoms with Gasteiger partial charge in [-0.3, -0.25) is 28.9 Å². The maximum atomic E-state index is 13.9. The van der Waals surface area contributed by atoms with E-state index in [9.17, 15) is 24.0 Å². The van der Waals surface area contributed by atoms with Crippen molar-refractivity contribution in [3.63, 3.8) is 0 Å². The minimum absolute atomic E-state index is 0.0107. The van der Waals surface area contributed by atoms with Crippen molar-refractivity contribution in [1.29, 1.82) is 0 Å². The first kappa shape index (κ1) is 34.8. The summed E-state index contributed by atoms with van der Waals surface area (Å²) in [4.78, 5) is 72.1. The number of nitrogens with zero attached hydrogens (tertiary/aromatic N) is 3. The molecule has 3 aliphatic rings. The van der Waals surface area contributed by atoms with Crippen LogP contribution in [0.3, 0.4) is 0 Å². The van der Waals surface area contributed by atoms with Gasteiger partial charge in [-0.2, -0.15) is 0 Å². The summed E-state index contributed by atoms with van der Waals surface area (Å²) in [5.74, 6) is -2.27. The molecule has 3 aromatic carbocycles. The van der Waals surface area contributed by atoms with Gasteiger partial charge in [-0.05, 0) is 47.7 Å². The van der Waals surface area contributed by atoms with Crippen LogP contribution < -0.4 is 16.0 Å². The van der Waals surface area contributed by atoms with Gasteiger partial charge in [0, 0.05) is 51.8 Å². The minimum atomic E-state index is -1.10. The molecular weight excluding hydrogens is 636 g/mol. The zero-order valence-electron chi connectivity index (χ0n) is 28.5. The van der Waals surface area contributed by atoms with E-state index in [-0.39, 0.29) is 38.5 Å². The van der Waals surface area contributed by atoms with E-state index in [0.717, 1.165) is 37.2 Å². The second-order valence-corrected chi connectivity index (χ2v) is 13.4. The van der Waals surface area contributed by atoms with E-state index < -0.39 is 47.9 Å². The Morgan fingerprint density at radius 3 is 2.30 bits per heavy atom. The maximum absolute atomic E-state index is 13.9. The average molecular weight is 681 g/mol. The summed E-state index contributed by atoms with van der Waals surface area (Å²) in [6, 6.07) is 23.4. The molecular formula is C38H44N6O6. The zero-order chi connectivity index (χ0) is 35.2. The van der Waals surface area contributed by atoms with Gasteiger partial charge in [0.2, 0.25) is 17.7 Å². The molecule has 3 aliphatic heterocycles. The standard InChI is InChI=1S/C38H44N6O6/c1-25-35(46)39-19-31-22-44(37(48)29-14-12-27(13-15-29)20-43-17-16-28-10-6-7-11-30(28)21-43)23-33(50-31)36(47)41-32(18-26-8-4-3-5-9-26)38(49)42(2)24-34(45)40-25/h3-15,25,31-33H,16-24H2,1-2H3,(H,39,46)(H,40,45)(H,41,47)/t25-,31+,32-,33-/m1/s1. The van der Waals surface area contributed by atoms with Gasteiger partial charge >= 0.3 is 0 Å². The summed E-state index contributed by atoms with van der Waals surface area (Å²) in [5, 5.41) is 8.23. The first-order valence-electron chi connectivity index (χ1n) is 17.1. The fourth-order valence-corrected chi connectivity index (χ4v) is 6.74. The number of nitrogens with one attached hydrogen (secondary N) is 3. The number of hydrogen-bond acceptors (Lipinski definition) is 7. The Kier molecular flexibility index (Phi) is 10.9. The second kappa shape index (κ2) is 15.6. The van der Waals surface area contributed by atoms with Gasteiger partial charge < -0.3 is 30.5 Å². The quantitative estimate of drug-likeness (QED) is 0.369. The Morgan fingerprint density at radius 1 is 0.820 bits per heavy atom. The van der Waals surface area contributed by atoms with Crippen LogP contribution in [0, 0.1) is 0 Å². The lowest BCUT2D eigenvalue weighted by atomic mass is 9.99. The molecule has 2 fully saturated rings. The lowest BCUT2D eigenvalue weighted by Crippen LogP contribution is -2.59. The van der Waals surface area contributed by atoms with Gasteiger partial charge in [-0.15, -0.1) is 0 Å². The molecule has 0 aliphatic carbocycles. The van der Waals surface area contributed by atoms with Gasteiger partial charge in [0.1, 0.15) is 12.1 Å². The molecule has 3 N–H and O–H groups in total. The third kappa shape index (κ3) is 8.55. The molecule has 4 atom stereocenters. The van der Waals surface area contributed by atoms with Gasteiger partial charge in [-0.1, -0.05) is 66.7 Å². The highest BCUT2D eigenvalue weighted by atomic mass is 16.5. The highest BCUT2D eigenvalue weighted by Crippen LogP contribution is 2.21. The third-order valence-corrected chi connectivity index (χ3v) is 9.49. The number of carbonyl (C=O) groups excluding carboxylic acids is 5. The molecule has 0 radical (unpaired) electrons. The molecule has 2 saturated heterocycles. The number of ether oxygens (including phenoxy) is 1. The molecule has 50 heavy (non-hydrogen) atoms. The van der Waals surface area contributed by atoms with E-state index in [0.29, 0.717) is 5.56 Å². The molecule has 2 bridgehead atoms. The predicted molar refractivity (Wildman–Crippen MR) is 186 cm³/mol. The molecule has 6 rings (SSSR count). The summed E-state index contributed by atoms with van der Waals surface area (Å²) in [5.41, 5.74) is 5.13. The molecule has 12 nitrogen and oxygen atoms in total. The zero-order valence-corrected chi connectivity index (χ0v) is 28.5. The molecule has 12 heteroatoms. The summed E-state index contributed by atoms with van der Waals surface area (Å²) >= 11 is 0. The molecule has 0 unspecified atom stereocenters. The van der Waals surface area contributed by atoms with Gasteiger partial charge in [0.05, 0.1) is 19.2 Å². The van der Waals surface area contributed by atoms with Crippen LogP contribution in [0.4, 0.5) is 0 Å². The Hall–Kier alpha value is -5.07. The van der Waals surface area contributed by atoms with Gasteiger partial charge in [-0.25, -0.2) is 0 Å². The van der Waals surface area contributed by atoms with Crippen LogP contribution in [-0.4, -0.2) is 108 Å². The predicted octanol–water partition coefficient (Wildman–Crippen LogP) is 1.27. The van der Waals surface area contributed by atoms with Crippen LogP contribution in [0.2, 0.25) is 0 Å². The van der Waals surface area contributed by atoms with E-state index >= 15 is 0 Å². The number of likely N-dealkylation sites (N-methyl/N-ethyl adjacent to an activating group) is 1. The second-order valence-electron chi connectivity index (χ2n) is 13.4. The van der Waals surface area contributed by atoms with Crippen molar-refractivity contribution in [3.05, 3.63) is 107 Å². The largest absolute Gasteiger partial charge is 0.360 e. The van der Waals surface area contributed by atoms with Crippen molar-refractivity contribution in [3.8, 4) is 0 Å². The van der Waals surface area contributed by atoms with Crippen molar-refractivity contribution in [2.45, 2.75) is 57.1 Å². The van der Waals surface area contributed by atoms with Crippen LogP contribution in [0.5, 0.6) is 0 Å². The van der Waals surface area contributed by atoms with Crippen molar-refractivity contribution < 1.29 is 28.7 Å². The molecule has 0 spiro atoms. The van der Waals surface area contributed by atoms with Crippen LogP contribution in [0.1, 0.15) is 39.5 Å². The summed E-state index contributed by atoms with van der Waals surface area (Å²) < 4.78 is 6.15. The van der Waals surface area contributed by atoms with Crippen LogP contribution >= 0.6 is 0 Å². The molecule has 5 amide bonds. The Balaban J connectivity index is 1.18. The first-order valence-corrected chi connectivity index (χ1v) is 17.1. The van der Waals surface area contributed by atoms with E-state index in [1.165, 1.54) is 23.1 Å². The molecule has 0 aromatic heterocycles. The number of rotatable bonds is 5. The first-order chi connectivity index (χ1) is 24.1. The number of fused-ring (bicyclic) bond motifs is 3. The van der Waals surface area contributed by atoms with Crippen molar-refractivity contribution in [2.75, 3.05) is 39.8 Å².